The lowest BCUT2D eigenvalue weighted by Gasteiger charge is -2.40. The number of benzene rings is 1. The summed E-state index contributed by atoms with van der Waals surface area (Å²) in [6.07, 6.45) is 4.81. The average molecular weight is 375 g/mol. The number of rotatable bonds is 4. The quantitative estimate of drug-likeness (QED) is 0.813. The molecule has 0 N–H and O–H groups in total. The second-order valence-electron chi connectivity index (χ2n) is 7.76. The molecule has 6 heteroatoms. The molecule has 1 aliphatic heterocycles. The van der Waals surface area contributed by atoms with E-state index in [-0.39, 0.29) is 11.2 Å². The van der Waals surface area contributed by atoms with Gasteiger partial charge in [0, 0.05) is 49.8 Å². The SMILES string of the molecule is CC1(C)CC(=O)C=C(N2CCN(S(=O)(=O)/C=C/c3ccccc3)CC2)C1. The van der Waals surface area contributed by atoms with Crippen molar-refractivity contribution in [3.63, 3.8) is 0 Å². The molecule has 0 saturated carbocycles. The van der Waals surface area contributed by atoms with Gasteiger partial charge in [0.25, 0.3) is 0 Å². The van der Waals surface area contributed by atoms with Gasteiger partial charge in [0.05, 0.1) is 0 Å². The van der Waals surface area contributed by atoms with Crippen molar-refractivity contribution in [2.24, 2.45) is 5.41 Å². The Hall–Kier alpha value is -1.92. The minimum Gasteiger partial charge on any atom is -0.372 e. The highest BCUT2D eigenvalue weighted by molar-refractivity contribution is 7.92. The van der Waals surface area contributed by atoms with Crippen molar-refractivity contribution in [1.82, 2.24) is 9.21 Å². The third-order valence-electron chi connectivity index (χ3n) is 4.88. The first kappa shape index (κ1) is 18.9. The maximum absolute atomic E-state index is 12.5. The van der Waals surface area contributed by atoms with Crippen molar-refractivity contribution in [2.75, 3.05) is 26.2 Å². The first-order valence-corrected chi connectivity index (χ1v) is 10.5. The van der Waals surface area contributed by atoms with E-state index < -0.39 is 10.0 Å². The molecule has 1 aromatic rings. The number of piperazine rings is 1. The van der Waals surface area contributed by atoms with Crippen LogP contribution in [0.5, 0.6) is 0 Å². The predicted octanol–water partition coefficient (Wildman–Crippen LogP) is 2.88. The second kappa shape index (κ2) is 7.37. The summed E-state index contributed by atoms with van der Waals surface area (Å²) in [7, 11) is -3.43. The Bertz CT molecular complexity index is 818. The zero-order chi connectivity index (χ0) is 18.8. The smallest absolute Gasteiger partial charge is 0.236 e. The molecule has 0 aromatic heterocycles. The third kappa shape index (κ3) is 4.62. The molecule has 0 atom stereocenters. The van der Waals surface area contributed by atoms with Crippen LogP contribution in [0.25, 0.3) is 6.08 Å². The van der Waals surface area contributed by atoms with E-state index in [1.165, 1.54) is 9.71 Å². The average Bonchev–Trinajstić information content (AvgIpc) is 2.59. The fourth-order valence-corrected chi connectivity index (χ4v) is 4.73. The van der Waals surface area contributed by atoms with Gasteiger partial charge in [-0.15, -0.1) is 0 Å². The molecule has 1 fully saturated rings. The standard InChI is InChI=1S/C20H26N2O3S/c1-20(2)15-18(14-19(23)16-20)21-9-11-22(12-10-21)26(24,25)13-8-17-6-4-3-5-7-17/h3-8,13-14H,9-12,15-16H2,1-2H3/b13-8+. The lowest BCUT2D eigenvalue weighted by atomic mass is 9.78. The molecular formula is C20H26N2O3S. The molecule has 0 radical (unpaired) electrons. The van der Waals surface area contributed by atoms with Crippen LogP contribution in [0, 0.1) is 5.41 Å². The van der Waals surface area contributed by atoms with Crippen molar-refractivity contribution < 1.29 is 13.2 Å². The summed E-state index contributed by atoms with van der Waals surface area (Å²) in [5.74, 6) is 0.164. The number of allylic oxidation sites excluding steroid dienone is 2. The van der Waals surface area contributed by atoms with Crippen molar-refractivity contribution >= 4 is 21.9 Å². The van der Waals surface area contributed by atoms with Crippen LogP contribution >= 0.6 is 0 Å². The molecular weight excluding hydrogens is 348 g/mol. The minimum absolute atomic E-state index is 0.0250. The lowest BCUT2D eigenvalue weighted by Crippen LogP contribution is -2.48. The van der Waals surface area contributed by atoms with Gasteiger partial charge in [-0.2, -0.15) is 4.31 Å². The molecule has 1 heterocycles. The molecule has 0 amide bonds. The van der Waals surface area contributed by atoms with Gasteiger partial charge < -0.3 is 4.90 Å². The highest BCUT2D eigenvalue weighted by Crippen LogP contribution is 2.35. The molecule has 1 aromatic carbocycles. The van der Waals surface area contributed by atoms with Crippen LogP contribution in [0.15, 0.2) is 47.5 Å². The van der Waals surface area contributed by atoms with Crippen LogP contribution < -0.4 is 0 Å². The fraction of sp³-hybridized carbons (Fsp3) is 0.450. The van der Waals surface area contributed by atoms with Crippen LogP contribution in [0.3, 0.4) is 0 Å². The zero-order valence-electron chi connectivity index (χ0n) is 15.4. The highest BCUT2D eigenvalue weighted by Gasteiger charge is 2.32. The Morgan fingerprint density at radius 2 is 1.65 bits per heavy atom. The van der Waals surface area contributed by atoms with Gasteiger partial charge in [0.2, 0.25) is 10.0 Å². The summed E-state index contributed by atoms with van der Waals surface area (Å²) < 4.78 is 26.6. The Morgan fingerprint density at radius 1 is 1.00 bits per heavy atom. The summed E-state index contributed by atoms with van der Waals surface area (Å²) in [6, 6.07) is 9.41. The van der Waals surface area contributed by atoms with Crippen LogP contribution in [-0.2, 0) is 14.8 Å². The number of hydrogen-bond donors (Lipinski definition) is 0. The summed E-state index contributed by atoms with van der Waals surface area (Å²) in [5.41, 5.74) is 1.88. The van der Waals surface area contributed by atoms with Crippen molar-refractivity contribution in [3.8, 4) is 0 Å². The maximum Gasteiger partial charge on any atom is 0.236 e. The van der Waals surface area contributed by atoms with Gasteiger partial charge in [-0.25, -0.2) is 8.42 Å². The van der Waals surface area contributed by atoms with Gasteiger partial charge in [-0.3, -0.25) is 4.79 Å². The zero-order valence-corrected chi connectivity index (χ0v) is 16.2. The normalized spacial score (nSPS) is 21.8. The van der Waals surface area contributed by atoms with E-state index in [0.29, 0.717) is 32.6 Å². The van der Waals surface area contributed by atoms with Crippen molar-refractivity contribution in [3.05, 3.63) is 53.1 Å². The number of carbonyl (C=O) groups excluding carboxylic acids is 1. The van der Waals surface area contributed by atoms with E-state index in [1.54, 1.807) is 12.2 Å². The molecule has 3 rings (SSSR count). The lowest BCUT2D eigenvalue weighted by molar-refractivity contribution is -0.117. The van der Waals surface area contributed by atoms with Crippen LogP contribution in [0.2, 0.25) is 0 Å². The summed E-state index contributed by atoms with van der Waals surface area (Å²) in [4.78, 5) is 14.1. The van der Waals surface area contributed by atoms with Crippen molar-refractivity contribution in [2.45, 2.75) is 26.7 Å². The van der Waals surface area contributed by atoms with Crippen LogP contribution in [0.1, 0.15) is 32.3 Å². The van der Waals surface area contributed by atoms with E-state index >= 15 is 0 Å². The predicted molar refractivity (Wildman–Crippen MR) is 104 cm³/mol. The minimum atomic E-state index is -3.43. The molecule has 5 nitrogen and oxygen atoms in total. The number of ketones is 1. The Balaban J connectivity index is 1.63. The summed E-state index contributed by atoms with van der Waals surface area (Å²) in [5, 5.41) is 1.28. The summed E-state index contributed by atoms with van der Waals surface area (Å²) in [6.45, 7) is 6.32. The molecule has 1 saturated heterocycles. The monoisotopic (exact) mass is 374 g/mol. The molecule has 26 heavy (non-hydrogen) atoms. The Kier molecular flexibility index (Phi) is 5.34. The Labute approximate surface area is 156 Å². The van der Waals surface area contributed by atoms with E-state index in [2.05, 4.69) is 18.7 Å². The van der Waals surface area contributed by atoms with Crippen molar-refractivity contribution in [1.29, 1.82) is 0 Å². The van der Waals surface area contributed by atoms with Gasteiger partial charge in [0.1, 0.15) is 0 Å². The van der Waals surface area contributed by atoms with Crippen LogP contribution in [0.4, 0.5) is 0 Å². The van der Waals surface area contributed by atoms with Gasteiger partial charge in [-0.1, -0.05) is 44.2 Å². The van der Waals surface area contributed by atoms with Gasteiger partial charge >= 0.3 is 0 Å². The third-order valence-corrected chi connectivity index (χ3v) is 6.44. The maximum atomic E-state index is 12.5. The van der Waals surface area contributed by atoms with Gasteiger partial charge in [-0.05, 0) is 23.5 Å². The highest BCUT2D eigenvalue weighted by atomic mass is 32.2. The number of sulfonamides is 1. The second-order valence-corrected chi connectivity index (χ2v) is 9.58. The van der Waals surface area contributed by atoms with E-state index in [1.807, 2.05) is 30.3 Å². The number of carbonyl (C=O) groups is 1. The molecule has 0 unspecified atom stereocenters. The van der Waals surface area contributed by atoms with E-state index in [4.69, 9.17) is 0 Å². The molecule has 140 valence electrons. The molecule has 0 spiro atoms. The van der Waals surface area contributed by atoms with Crippen LogP contribution in [-0.4, -0.2) is 49.6 Å². The first-order chi connectivity index (χ1) is 12.3. The van der Waals surface area contributed by atoms with Gasteiger partial charge in [0.15, 0.2) is 5.78 Å². The summed E-state index contributed by atoms with van der Waals surface area (Å²) >= 11 is 0. The Morgan fingerprint density at radius 3 is 2.27 bits per heavy atom. The largest absolute Gasteiger partial charge is 0.372 e. The fourth-order valence-electron chi connectivity index (χ4n) is 3.56. The van der Waals surface area contributed by atoms with E-state index in [0.717, 1.165) is 17.7 Å². The molecule has 0 bridgehead atoms. The molecule has 1 aliphatic carbocycles. The first-order valence-electron chi connectivity index (χ1n) is 8.97. The number of nitrogens with zero attached hydrogens (tertiary/aromatic N) is 2. The number of hydrogen-bond acceptors (Lipinski definition) is 4. The molecule has 2 aliphatic rings. The topological polar surface area (TPSA) is 57.7 Å². The van der Waals surface area contributed by atoms with E-state index in [9.17, 15) is 13.2 Å².